The molecule has 1 aliphatic heterocycles. The molecular formula is C21H19FN2. The summed E-state index contributed by atoms with van der Waals surface area (Å²) in [5.74, 6) is -0.120. The lowest BCUT2D eigenvalue weighted by Gasteiger charge is -2.18. The molecule has 2 aromatic heterocycles. The van der Waals surface area contributed by atoms with Crippen molar-refractivity contribution in [3.8, 4) is 11.3 Å². The average molecular weight is 318 g/mol. The van der Waals surface area contributed by atoms with Gasteiger partial charge in [0.25, 0.3) is 0 Å². The van der Waals surface area contributed by atoms with Gasteiger partial charge in [-0.15, -0.1) is 0 Å². The minimum Gasteiger partial charge on any atom is -0.344 e. The highest BCUT2D eigenvalue weighted by atomic mass is 19.1. The summed E-state index contributed by atoms with van der Waals surface area (Å²) in [5, 5.41) is 2.02. The lowest BCUT2D eigenvalue weighted by Crippen LogP contribution is -2.09. The third-order valence-electron chi connectivity index (χ3n) is 5.36. The second kappa shape index (κ2) is 4.73. The van der Waals surface area contributed by atoms with Gasteiger partial charge in [-0.2, -0.15) is 0 Å². The minimum atomic E-state index is -0.120. The van der Waals surface area contributed by atoms with Crippen LogP contribution in [-0.2, 0) is 13.1 Å². The van der Waals surface area contributed by atoms with Crippen molar-refractivity contribution in [2.45, 2.75) is 33.4 Å². The van der Waals surface area contributed by atoms with Crippen LogP contribution in [0.15, 0.2) is 42.6 Å². The van der Waals surface area contributed by atoms with E-state index in [9.17, 15) is 4.39 Å². The molecule has 3 heteroatoms. The molecule has 3 heterocycles. The highest BCUT2D eigenvalue weighted by Crippen LogP contribution is 2.39. The number of aryl methyl sites for hydroxylation is 4. The molecule has 120 valence electrons. The van der Waals surface area contributed by atoms with Crippen molar-refractivity contribution in [3.05, 3.63) is 59.5 Å². The summed E-state index contributed by atoms with van der Waals surface area (Å²) in [7, 11) is 0. The molecule has 5 rings (SSSR count). The van der Waals surface area contributed by atoms with Crippen molar-refractivity contribution in [1.29, 1.82) is 0 Å². The van der Waals surface area contributed by atoms with E-state index in [1.807, 2.05) is 12.1 Å². The van der Waals surface area contributed by atoms with E-state index < -0.39 is 0 Å². The van der Waals surface area contributed by atoms with Crippen molar-refractivity contribution in [2.75, 3.05) is 0 Å². The number of rotatable bonds is 0. The Balaban J connectivity index is 1.98. The lowest BCUT2D eigenvalue weighted by atomic mass is 10.0. The van der Waals surface area contributed by atoms with Gasteiger partial charge >= 0.3 is 0 Å². The molecule has 0 unspecified atom stereocenters. The number of halogens is 1. The van der Waals surface area contributed by atoms with Crippen LogP contribution in [0, 0.1) is 19.7 Å². The molecule has 0 saturated carbocycles. The van der Waals surface area contributed by atoms with Crippen LogP contribution in [0.25, 0.3) is 33.1 Å². The van der Waals surface area contributed by atoms with E-state index in [0.29, 0.717) is 0 Å². The fourth-order valence-electron chi connectivity index (χ4n) is 4.30. The number of fused-ring (bicyclic) bond motifs is 4. The lowest BCUT2D eigenvalue weighted by molar-refractivity contribution is 0.569. The van der Waals surface area contributed by atoms with Gasteiger partial charge in [0, 0.05) is 41.1 Å². The van der Waals surface area contributed by atoms with Crippen LogP contribution in [0.4, 0.5) is 4.39 Å². The Kier molecular flexibility index (Phi) is 2.73. The van der Waals surface area contributed by atoms with E-state index in [-0.39, 0.29) is 5.82 Å². The third kappa shape index (κ3) is 1.70. The number of nitrogens with zero attached hydrogens (tertiary/aromatic N) is 2. The summed E-state index contributed by atoms with van der Waals surface area (Å²) in [4.78, 5) is 0. The summed E-state index contributed by atoms with van der Waals surface area (Å²) >= 11 is 0. The monoisotopic (exact) mass is 318 g/mol. The second-order valence-corrected chi connectivity index (χ2v) is 6.87. The molecule has 4 aromatic rings. The largest absolute Gasteiger partial charge is 0.344 e. The van der Waals surface area contributed by atoms with Crippen LogP contribution in [0.1, 0.15) is 17.5 Å². The fourth-order valence-corrected chi connectivity index (χ4v) is 4.30. The number of aromatic nitrogens is 2. The second-order valence-electron chi connectivity index (χ2n) is 6.87. The molecule has 0 atom stereocenters. The first kappa shape index (κ1) is 13.8. The quantitative estimate of drug-likeness (QED) is 0.409. The highest BCUT2D eigenvalue weighted by Gasteiger charge is 2.22. The molecule has 0 aliphatic carbocycles. The van der Waals surface area contributed by atoms with E-state index in [0.717, 1.165) is 36.0 Å². The van der Waals surface area contributed by atoms with Gasteiger partial charge in [0.15, 0.2) is 0 Å². The number of hydrogen-bond acceptors (Lipinski definition) is 0. The molecule has 0 saturated heterocycles. The molecule has 0 radical (unpaired) electrons. The topological polar surface area (TPSA) is 9.86 Å². The summed E-state index contributed by atoms with van der Waals surface area (Å²) in [6.07, 6.45) is 2.66. The van der Waals surface area contributed by atoms with Crippen molar-refractivity contribution in [3.63, 3.8) is 0 Å². The van der Waals surface area contributed by atoms with Crippen LogP contribution in [-0.4, -0.2) is 9.13 Å². The number of benzene rings is 2. The maximum atomic E-state index is 14.4. The molecule has 0 fully saturated rings. The zero-order chi connectivity index (χ0) is 16.4. The molecule has 2 nitrogen and oxygen atoms in total. The summed E-state index contributed by atoms with van der Waals surface area (Å²) in [5.41, 5.74) is 7.26. The average Bonchev–Trinajstić information content (AvgIpc) is 3.01. The maximum absolute atomic E-state index is 14.4. The molecule has 0 bridgehead atoms. The minimum absolute atomic E-state index is 0.120. The fraction of sp³-hybridized carbons (Fsp3) is 0.238. The normalized spacial score (nSPS) is 14.0. The molecule has 24 heavy (non-hydrogen) atoms. The van der Waals surface area contributed by atoms with E-state index in [4.69, 9.17) is 0 Å². The molecule has 1 aliphatic rings. The first-order chi connectivity index (χ1) is 11.6. The van der Waals surface area contributed by atoms with Gasteiger partial charge in [-0.05, 0) is 43.5 Å². The Labute approximate surface area is 140 Å². The Hall–Kier alpha value is -2.55. The summed E-state index contributed by atoms with van der Waals surface area (Å²) in [6.45, 7) is 6.13. The summed E-state index contributed by atoms with van der Waals surface area (Å²) in [6, 6.07) is 12.7. The van der Waals surface area contributed by atoms with Crippen molar-refractivity contribution in [2.24, 2.45) is 0 Å². The van der Waals surface area contributed by atoms with Crippen molar-refractivity contribution in [1.82, 2.24) is 9.13 Å². The molecule has 0 spiro atoms. The number of para-hydroxylation sites is 1. The number of hydrogen-bond donors (Lipinski definition) is 0. The van der Waals surface area contributed by atoms with E-state index >= 15 is 0 Å². The van der Waals surface area contributed by atoms with Gasteiger partial charge in [-0.3, -0.25) is 0 Å². The molecule has 0 amide bonds. The third-order valence-corrected chi connectivity index (χ3v) is 5.36. The standard InChI is InChI=1S/C21H19FN2/c1-13-7-8-15-14(2)20-17-6-3-5-16-18(22)12-23(21(16)17)9-4-10-24(20)19(15)11-13/h3,5-8,11-12H,4,9-10H2,1-2H3. The highest BCUT2D eigenvalue weighted by molar-refractivity contribution is 6.00. The van der Waals surface area contributed by atoms with Gasteiger partial charge in [0.2, 0.25) is 0 Å². The summed E-state index contributed by atoms with van der Waals surface area (Å²) < 4.78 is 18.9. The SMILES string of the molecule is Cc1ccc2c(C)c3n(c2c1)CCCn1cc(F)c2cccc-3c21. The van der Waals surface area contributed by atoms with Crippen LogP contribution in [0.3, 0.4) is 0 Å². The maximum Gasteiger partial charge on any atom is 0.148 e. The Morgan fingerprint density at radius 2 is 1.88 bits per heavy atom. The van der Waals surface area contributed by atoms with Gasteiger partial charge in [0.05, 0.1) is 11.2 Å². The Bertz CT molecular complexity index is 1110. The smallest absolute Gasteiger partial charge is 0.148 e. The van der Waals surface area contributed by atoms with Crippen molar-refractivity contribution >= 4 is 21.8 Å². The van der Waals surface area contributed by atoms with Crippen molar-refractivity contribution < 1.29 is 4.39 Å². The Morgan fingerprint density at radius 3 is 2.75 bits per heavy atom. The molecule has 2 aromatic carbocycles. The van der Waals surface area contributed by atoms with Gasteiger partial charge in [0.1, 0.15) is 5.82 Å². The van der Waals surface area contributed by atoms with Crippen LogP contribution < -0.4 is 0 Å². The molecular weight excluding hydrogens is 299 g/mol. The van der Waals surface area contributed by atoms with Gasteiger partial charge < -0.3 is 9.13 Å². The van der Waals surface area contributed by atoms with Crippen LogP contribution in [0.2, 0.25) is 0 Å². The zero-order valence-electron chi connectivity index (χ0n) is 13.9. The Morgan fingerprint density at radius 1 is 1.00 bits per heavy atom. The predicted molar refractivity (Wildman–Crippen MR) is 96.9 cm³/mol. The van der Waals surface area contributed by atoms with Gasteiger partial charge in [-0.25, -0.2) is 4.39 Å². The van der Waals surface area contributed by atoms with Crippen LogP contribution in [0.5, 0.6) is 0 Å². The van der Waals surface area contributed by atoms with Crippen LogP contribution >= 0.6 is 0 Å². The van der Waals surface area contributed by atoms with E-state index in [2.05, 4.69) is 47.2 Å². The van der Waals surface area contributed by atoms with E-state index in [1.165, 1.54) is 27.7 Å². The first-order valence-electron chi connectivity index (χ1n) is 8.52. The zero-order valence-corrected chi connectivity index (χ0v) is 13.9. The molecule has 0 N–H and O–H groups in total. The predicted octanol–water partition coefficient (Wildman–Crippen LogP) is 5.42. The van der Waals surface area contributed by atoms with E-state index in [1.54, 1.807) is 6.20 Å². The van der Waals surface area contributed by atoms with Gasteiger partial charge in [-0.1, -0.05) is 24.3 Å². The first-order valence-corrected chi connectivity index (χ1v) is 8.52.